The first kappa shape index (κ1) is 13.8. The highest BCUT2D eigenvalue weighted by Gasteiger charge is 2.41. The molecule has 102 valence electrons. The van der Waals surface area contributed by atoms with E-state index in [1.54, 1.807) is 7.11 Å². The Morgan fingerprint density at radius 1 is 1.50 bits per heavy atom. The van der Waals surface area contributed by atoms with Gasteiger partial charge in [-0.15, -0.1) is 10.2 Å². The Kier molecular flexibility index (Phi) is 4.58. The van der Waals surface area contributed by atoms with E-state index in [1.807, 2.05) is 0 Å². The molecule has 18 heavy (non-hydrogen) atoms. The van der Waals surface area contributed by atoms with E-state index in [0.717, 1.165) is 16.6 Å². The van der Waals surface area contributed by atoms with Crippen LogP contribution in [0.25, 0.3) is 0 Å². The maximum absolute atomic E-state index is 13.1. The highest BCUT2D eigenvalue weighted by atomic mass is 32.1. The summed E-state index contributed by atoms with van der Waals surface area (Å²) < 4.78 is 31.1. The number of nitrogens with zero attached hydrogens (tertiary/aromatic N) is 2. The van der Waals surface area contributed by atoms with Gasteiger partial charge in [-0.05, 0) is 6.42 Å². The number of hydrogen-bond donors (Lipinski definition) is 1. The molecule has 0 saturated heterocycles. The van der Waals surface area contributed by atoms with E-state index in [9.17, 15) is 8.78 Å². The van der Waals surface area contributed by atoms with Crippen LogP contribution in [-0.4, -0.2) is 36.4 Å². The van der Waals surface area contributed by atoms with Crippen LogP contribution < -0.4 is 5.32 Å². The molecule has 1 aliphatic carbocycles. The molecule has 1 N–H and O–H groups in total. The molecule has 1 aromatic rings. The zero-order chi connectivity index (χ0) is 13.0. The summed E-state index contributed by atoms with van der Waals surface area (Å²) in [5.41, 5.74) is 0. The van der Waals surface area contributed by atoms with Crippen molar-refractivity contribution in [3.63, 3.8) is 0 Å². The summed E-state index contributed by atoms with van der Waals surface area (Å²) >= 11 is 1.43. The van der Waals surface area contributed by atoms with Gasteiger partial charge in [0.05, 0.1) is 6.61 Å². The van der Waals surface area contributed by atoms with Crippen LogP contribution in [0, 0.1) is 0 Å². The molecule has 0 bridgehead atoms. The van der Waals surface area contributed by atoms with E-state index in [1.165, 1.54) is 11.3 Å². The molecule has 1 unspecified atom stereocenters. The second-order valence-corrected chi connectivity index (χ2v) is 5.59. The Morgan fingerprint density at radius 2 is 2.33 bits per heavy atom. The van der Waals surface area contributed by atoms with Crippen molar-refractivity contribution >= 4 is 11.3 Å². The van der Waals surface area contributed by atoms with Crippen LogP contribution in [0.1, 0.15) is 35.2 Å². The third-order valence-electron chi connectivity index (χ3n) is 2.99. The van der Waals surface area contributed by atoms with Crippen molar-refractivity contribution in [2.75, 3.05) is 20.3 Å². The van der Waals surface area contributed by atoms with Crippen LogP contribution in [-0.2, 0) is 11.3 Å². The summed E-state index contributed by atoms with van der Waals surface area (Å²) in [4.78, 5) is 0. The predicted octanol–water partition coefficient (Wildman–Crippen LogP) is 2.18. The van der Waals surface area contributed by atoms with Gasteiger partial charge in [0.25, 0.3) is 0 Å². The fourth-order valence-corrected chi connectivity index (χ4v) is 2.98. The van der Waals surface area contributed by atoms with E-state index in [0.29, 0.717) is 19.6 Å². The number of nitrogens with one attached hydrogen (secondary N) is 1. The average molecular weight is 277 g/mol. The summed E-state index contributed by atoms with van der Waals surface area (Å²) in [5.74, 6) is -2.64. The summed E-state index contributed by atoms with van der Waals surface area (Å²) in [7, 11) is 1.64. The van der Waals surface area contributed by atoms with E-state index in [-0.39, 0.29) is 18.8 Å². The van der Waals surface area contributed by atoms with Crippen molar-refractivity contribution in [3.05, 3.63) is 10.0 Å². The second-order valence-electron chi connectivity index (χ2n) is 4.50. The van der Waals surface area contributed by atoms with Gasteiger partial charge in [-0.25, -0.2) is 8.78 Å². The number of alkyl halides is 2. The lowest BCUT2D eigenvalue weighted by atomic mass is 10.1. The number of methoxy groups -OCH3 is 1. The highest BCUT2D eigenvalue weighted by molar-refractivity contribution is 7.11. The quantitative estimate of drug-likeness (QED) is 0.810. The molecule has 1 aliphatic rings. The van der Waals surface area contributed by atoms with Gasteiger partial charge in [0.15, 0.2) is 0 Å². The van der Waals surface area contributed by atoms with Crippen molar-refractivity contribution in [3.8, 4) is 0 Å². The van der Waals surface area contributed by atoms with Crippen molar-refractivity contribution in [1.29, 1.82) is 0 Å². The van der Waals surface area contributed by atoms with Gasteiger partial charge in [0.1, 0.15) is 10.0 Å². The summed E-state index contributed by atoms with van der Waals surface area (Å²) in [6.07, 6.45) is 0.399. The van der Waals surface area contributed by atoms with Gasteiger partial charge < -0.3 is 10.1 Å². The molecule has 1 atom stereocenters. The minimum absolute atomic E-state index is 0.0291. The van der Waals surface area contributed by atoms with Crippen LogP contribution >= 0.6 is 11.3 Å². The van der Waals surface area contributed by atoms with Crippen LogP contribution in [0.5, 0.6) is 0 Å². The Labute approximate surface area is 109 Å². The van der Waals surface area contributed by atoms with Crippen LogP contribution in [0.15, 0.2) is 0 Å². The molecule has 0 aromatic carbocycles. The van der Waals surface area contributed by atoms with Gasteiger partial charge >= 0.3 is 0 Å². The third kappa shape index (κ3) is 3.66. The van der Waals surface area contributed by atoms with Crippen molar-refractivity contribution in [2.45, 2.75) is 37.6 Å². The summed E-state index contributed by atoms with van der Waals surface area (Å²) in [6.45, 7) is 2.00. The lowest BCUT2D eigenvalue weighted by Gasteiger charge is -2.06. The fourth-order valence-electron chi connectivity index (χ4n) is 2.03. The zero-order valence-electron chi connectivity index (χ0n) is 10.3. The number of aromatic nitrogens is 2. The van der Waals surface area contributed by atoms with Gasteiger partial charge in [0, 0.05) is 39.0 Å². The lowest BCUT2D eigenvalue weighted by Crippen LogP contribution is -2.18. The van der Waals surface area contributed by atoms with Gasteiger partial charge in [-0.1, -0.05) is 11.3 Å². The maximum Gasteiger partial charge on any atom is 0.248 e. The molecule has 0 radical (unpaired) electrons. The van der Waals surface area contributed by atoms with Crippen LogP contribution in [0.3, 0.4) is 0 Å². The average Bonchev–Trinajstić information content (AvgIpc) is 2.91. The van der Waals surface area contributed by atoms with Gasteiger partial charge in [0.2, 0.25) is 5.92 Å². The molecule has 4 nitrogen and oxygen atoms in total. The maximum atomic E-state index is 13.1. The molecule has 1 fully saturated rings. The highest BCUT2D eigenvalue weighted by Crippen LogP contribution is 2.44. The predicted molar refractivity (Wildman–Crippen MR) is 65.0 cm³/mol. The lowest BCUT2D eigenvalue weighted by molar-refractivity contribution is 0.00775. The summed E-state index contributed by atoms with van der Waals surface area (Å²) in [6, 6.07) is 0. The Morgan fingerprint density at radius 3 is 3.00 bits per heavy atom. The van der Waals surface area contributed by atoms with Crippen molar-refractivity contribution in [1.82, 2.24) is 15.5 Å². The largest absolute Gasteiger partial charge is 0.383 e. The monoisotopic (exact) mass is 277 g/mol. The Balaban J connectivity index is 1.83. The number of halogens is 2. The molecule has 0 aliphatic heterocycles. The molecule has 1 saturated carbocycles. The van der Waals surface area contributed by atoms with Crippen molar-refractivity contribution in [2.24, 2.45) is 0 Å². The van der Waals surface area contributed by atoms with Crippen molar-refractivity contribution < 1.29 is 13.5 Å². The molecule has 1 aromatic heterocycles. The van der Waals surface area contributed by atoms with Gasteiger partial charge in [-0.2, -0.15) is 0 Å². The molecular weight excluding hydrogens is 260 g/mol. The van der Waals surface area contributed by atoms with E-state index >= 15 is 0 Å². The fraction of sp³-hybridized carbons (Fsp3) is 0.818. The zero-order valence-corrected chi connectivity index (χ0v) is 11.1. The molecule has 2 rings (SSSR count). The van der Waals surface area contributed by atoms with E-state index in [4.69, 9.17) is 4.74 Å². The first-order chi connectivity index (χ1) is 8.61. The normalized spacial score (nSPS) is 22.5. The molecule has 0 amide bonds. The standard InChI is InChI=1S/C11H17F2N3OS/c1-17-5-4-14-7-9-15-16-10(18-9)8-2-3-11(12,13)6-8/h8,14H,2-7H2,1H3. The second kappa shape index (κ2) is 5.99. The minimum atomic E-state index is -2.52. The molecular formula is C11H17F2N3OS. The van der Waals surface area contributed by atoms with E-state index in [2.05, 4.69) is 15.5 Å². The first-order valence-electron chi connectivity index (χ1n) is 6.00. The smallest absolute Gasteiger partial charge is 0.248 e. The number of hydrogen-bond acceptors (Lipinski definition) is 5. The van der Waals surface area contributed by atoms with Crippen LogP contribution in [0.2, 0.25) is 0 Å². The third-order valence-corrected chi connectivity index (χ3v) is 4.08. The molecule has 7 heteroatoms. The Hall–Kier alpha value is -0.660. The van der Waals surface area contributed by atoms with E-state index < -0.39 is 5.92 Å². The van der Waals surface area contributed by atoms with Gasteiger partial charge in [-0.3, -0.25) is 0 Å². The number of ether oxygens (including phenoxy) is 1. The molecule has 1 heterocycles. The topological polar surface area (TPSA) is 47.0 Å². The van der Waals surface area contributed by atoms with Crippen LogP contribution in [0.4, 0.5) is 8.78 Å². The first-order valence-corrected chi connectivity index (χ1v) is 6.82. The SMILES string of the molecule is COCCNCc1nnc(C2CCC(F)(F)C2)s1. The minimum Gasteiger partial charge on any atom is -0.383 e. The summed E-state index contributed by atoms with van der Waals surface area (Å²) in [5, 5.41) is 12.8. The number of rotatable bonds is 6. The molecule has 0 spiro atoms. The Bertz CT molecular complexity index is 386.